The summed E-state index contributed by atoms with van der Waals surface area (Å²) in [7, 11) is 0. The third-order valence-corrected chi connectivity index (χ3v) is 2.06. The lowest BCUT2D eigenvalue weighted by Crippen LogP contribution is -2.36. The van der Waals surface area contributed by atoms with Crippen LogP contribution in [0.15, 0.2) is 0 Å². The van der Waals surface area contributed by atoms with Crippen LogP contribution in [0.5, 0.6) is 0 Å². The summed E-state index contributed by atoms with van der Waals surface area (Å²) < 4.78 is 0. The second-order valence-electron chi connectivity index (χ2n) is 4.16. The molecule has 1 fully saturated rings. The molecule has 72 valence electrons. The SMILES string of the molecule is CC(C)(O)CNOC1CCCC1. The monoisotopic (exact) mass is 173 g/mol. The van der Waals surface area contributed by atoms with Crippen LogP contribution >= 0.6 is 0 Å². The average Bonchev–Trinajstić information content (AvgIpc) is 2.36. The Hall–Kier alpha value is -0.120. The van der Waals surface area contributed by atoms with Gasteiger partial charge in [-0.25, -0.2) is 0 Å². The zero-order chi connectivity index (χ0) is 9.03. The van der Waals surface area contributed by atoms with Crippen LogP contribution in [-0.4, -0.2) is 23.4 Å². The molecule has 0 aromatic carbocycles. The van der Waals surface area contributed by atoms with Crippen LogP contribution in [0.3, 0.4) is 0 Å². The van der Waals surface area contributed by atoms with Gasteiger partial charge in [0.25, 0.3) is 0 Å². The van der Waals surface area contributed by atoms with Gasteiger partial charge in [0.1, 0.15) is 0 Å². The number of rotatable bonds is 4. The number of aliphatic hydroxyl groups is 1. The molecule has 1 aliphatic carbocycles. The van der Waals surface area contributed by atoms with Gasteiger partial charge in [-0.1, -0.05) is 12.8 Å². The molecule has 0 heterocycles. The van der Waals surface area contributed by atoms with E-state index in [1.807, 2.05) is 0 Å². The van der Waals surface area contributed by atoms with Gasteiger partial charge in [-0.2, -0.15) is 5.48 Å². The molecule has 1 saturated carbocycles. The van der Waals surface area contributed by atoms with Crippen LogP contribution in [-0.2, 0) is 4.84 Å². The third kappa shape index (κ3) is 4.04. The van der Waals surface area contributed by atoms with Crippen LogP contribution in [0.25, 0.3) is 0 Å². The van der Waals surface area contributed by atoms with Crippen LogP contribution in [0.2, 0.25) is 0 Å². The highest BCUT2D eigenvalue weighted by atomic mass is 16.7. The molecule has 12 heavy (non-hydrogen) atoms. The summed E-state index contributed by atoms with van der Waals surface area (Å²) in [6.07, 6.45) is 5.22. The summed E-state index contributed by atoms with van der Waals surface area (Å²) in [5.41, 5.74) is 2.14. The molecule has 0 radical (unpaired) electrons. The van der Waals surface area contributed by atoms with Crippen molar-refractivity contribution in [3.05, 3.63) is 0 Å². The molecule has 0 atom stereocenters. The first-order valence-corrected chi connectivity index (χ1v) is 4.69. The maximum atomic E-state index is 9.35. The molecular formula is C9H19NO2. The first-order chi connectivity index (χ1) is 5.58. The molecule has 0 bridgehead atoms. The van der Waals surface area contributed by atoms with Gasteiger partial charge in [-0.3, -0.25) is 4.84 Å². The molecular weight excluding hydrogens is 154 g/mol. The molecule has 3 nitrogen and oxygen atoms in total. The highest BCUT2D eigenvalue weighted by Crippen LogP contribution is 2.19. The zero-order valence-corrected chi connectivity index (χ0v) is 7.97. The van der Waals surface area contributed by atoms with E-state index in [4.69, 9.17) is 4.84 Å². The van der Waals surface area contributed by atoms with Crippen LogP contribution in [0, 0.1) is 0 Å². The summed E-state index contributed by atoms with van der Waals surface area (Å²) in [6, 6.07) is 0. The molecule has 1 rings (SSSR count). The van der Waals surface area contributed by atoms with E-state index in [0.29, 0.717) is 12.6 Å². The Morgan fingerprint density at radius 2 is 2.00 bits per heavy atom. The molecule has 0 aromatic rings. The van der Waals surface area contributed by atoms with Crippen molar-refractivity contribution in [1.29, 1.82) is 0 Å². The van der Waals surface area contributed by atoms with Crippen molar-refractivity contribution < 1.29 is 9.94 Å². The molecule has 1 aliphatic rings. The van der Waals surface area contributed by atoms with Crippen molar-refractivity contribution >= 4 is 0 Å². The topological polar surface area (TPSA) is 41.5 Å². The molecule has 3 heteroatoms. The minimum absolute atomic E-state index is 0.368. The van der Waals surface area contributed by atoms with Crippen molar-refractivity contribution in [2.45, 2.75) is 51.2 Å². The Morgan fingerprint density at radius 1 is 1.42 bits per heavy atom. The van der Waals surface area contributed by atoms with Crippen molar-refractivity contribution in [2.75, 3.05) is 6.54 Å². The third-order valence-electron chi connectivity index (χ3n) is 2.06. The predicted octanol–water partition coefficient (Wildman–Crippen LogP) is 1.22. The smallest absolute Gasteiger partial charge is 0.0790 e. The van der Waals surface area contributed by atoms with E-state index in [1.165, 1.54) is 12.8 Å². The largest absolute Gasteiger partial charge is 0.389 e. The number of nitrogens with one attached hydrogen (secondary N) is 1. The number of hydrogen-bond acceptors (Lipinski definition) is 3. The molecule has 2 N–H and O–H groups in total. The Kier molecular flexibility index (Phi) is 3.50. The highest BCUT2D eigenvalue weighted by molar-refractivity contribution is 4.68. The van der Waals surface area contributed by atoms with Gasteiger partial charge < -0.3 is 5.11 Å². The average molecular weight is 173 g/mol. The van der Waals surface area contributed by atoms with Gasteiger partial charge in [0, 0.05) is 6.54 Å². The summed E-state index contributed by atoms with van der Waals surface area (Å²) in [5.74, 6) is 0. The van der Waals surface area contributed by atoms with Gasteiger partial charge in [-0.05, 0) is 26.7 Å². The molecule has 0 aliphatic heterocycles. The Labute approximate surface area is 74.1 Å². The summed E-state index contributed by atoms with van der Waals surface area (Å²) >= 11 is 0. The second-order valence-corrected chi connectivity index (χ2v) is 4.16. The van der Waals surface area contributed by atoms with Crippen molar-refractivity contribution in [1.82, 2.24) is 5.48 Å². The fraction of sp³-hybridized carbons (Fsp3) is 1.00. The van der Waals surface area contributed by atoms with Crippen molar-refractivity contribution in [3.8, 4) is 0 Å². The lowest BCUT2D eigenvalue weighted by atomic mass is 10.1. The normalized spacial score (nSPS) is 20.2. The fourth-order valence-electron chi connectivity index (χ4n) is 1.34. The molecule has 0 unspecified atom stereocenters. The standard InChI is InChI=1S/C9H19NO2/c1-9(2,11)7-10-12-8-5-3-4-6-8/h8,10-11H,3-7H2,1-2H3. The Morgan fingerprint density at radius 3 is 2.50 bits per heavy atom. The summed E-state index contributed by atoms with van der Waals surface area (Å²) in [6.45, 7) is 4.01. The lowest BCUT2D eigenvalue weighted by Gasteiger charge is -2.19. The van der Waals surface area contributed by atoms with E-state index < -0.39 is 5.60 Å². The molecule has 0 spiro atoms. The number of hydrogen-bond donors (Lipinski definition) is 2. The predicted molar refractivity (Wildman–Crippen MR) is 47.6 cm³/mol. The molecule has 0 aromatic heterocycles. The zero-order valence-electron chi connectivity index (χ0n) is 7.97. The summed E-state index contributed by atoms with van der Waals surface area (Å²) in [5, 5.41) is 9.35. The first kappa shape index (κ1) is 9.96. The van der Waals surface area contributed by atoms with E-state index in [9.17, 15) is 5.11 Å². The molecule has 0 amide bonds. The maximum Gasteiger partial charge on any atom is 0.0790 e. The van der Waals surface area contributed by atoms with Crippen LogP contribution in [0.1, 0.15) is 39.5 Å². The van der Waals surface area contributed by atoms with E-state index >= 15 is 0 Å². The maximum absolute atomic E-state index is 9.35. The minimum Gasteiger partial charge on any atom is -0.389 e. The van der Waals surface area contributed by atoms with Crippen LogP contribution < -0.4 is 5.48 Å². The van der Waals surface area contributed by atoms with Gasteiger partial charge >= 0.3 is 0 Å². The van der Waals surface area contributed by atoms with Crippen molar-refractivity contribution in [3.63, 3.8) is 0 Å². The van der Waals surface area contributed by atoms with E-state index in [1.54, 1.807) is 13.8 Å². The second kappa shape index (κ2) is 4.21. The van der Waals surface area contributed by atoms with E-state index in [-0.39, 0.29) is 0 Å². The van der Waals surface area contributed by atoms with Gasteiger partial charge in [-0.15, -0.1) is 0 Å². The van der Waals surface area contributed by atoms with Crippen molar-refractivity contribution in [2.24, 2.45) is 0 Å². The highest BCUT2D eigenvalue weighted by Gasteiger charge is 2.17. The summed E-state index contributed by atoms with van der Waals surface area (Å²) in [4.78, 5) is 5.37. The minimum atomic E-state index is -0.682. The number of hydroxylamine groups is 1. The van der Waals surface area contributed by atoms with Gasteiger partial charge in [0.15, 0.2) is 0 Å². The molecule has 0 saturated heterocycles. The van der Waals surface area contributed by atoms with E-state index in [2.05, 4.69) is 5.48 Å². The van der Waals surface area contributed by atoms with Gasteiger partial charge in [0.05, 0.1) is 11.7 Å². The van der Waals surface area contributed by atoms with Gasteiger partial charge in [0.2, 0.25) is 0 Å². The van der Waals surface area contributed by atoms with E-state index in [0.717, 1.165) is 12.8 Å². The van der Waals surface area contributed by atoms with Crippen LogP contribution in [0.4, 0.5) is 0 Å². The first-order valence-electron chi connectivity index (χ1n) is 4.69. The fourth-order valence-corrected chi connectivity index (χ4v) is 1.34. The Balaban J connectivity index is 2.02. The quantitative estimate of drug-likeness (QED) is 0.628. The Bertz CT molecular complexity index is 125. The lowest BCUT2D eigenvalue weighted by molar-refractivity contribution is -0.0539.